The molecular formula is C15H19N3. The summed E-state index contributed by atoms with van der Waals surface area (Å²) in [6, 6.07) is 10.1. The summed E-state index contributed by atoms with van der Waals surface area (Å²) in [5.74, 6) is 0.676. The lowest BCUT2D eigenvalue weighted by Crippen LogP contribution is -2.29. The Morgan fingerprint density at radius 3 is 2.67 bits per heavy atom. The molecule has 0 atom stereocenters. The highest BCUT2D eigenvalue weighted by Crippen LogP contribution is 2.18. The summed E-state index contributed by atoms with van der Waals surface area (Å²) in [6.07, 6.45) is 1.81. The van der Waals surface area contributed by atoms with Crippen molar-refractivity contribution in [2.75, 3.05) is 0 Å². The van der Waals surface area contributed by atoms with Crippen LogP contribution in [0.15, 0.2) is 41.5 Å². The number of aliphatic imine (C=N–C) groups is 1. The Balaban J connectivity index is 2.33. The molecule has 1 heterocycles. The van der Waals surface area contributed by atoms with Crippen molar-refractivity contribution in [3.63, 3.8) is 0 Å². The molecule has 0 aliphatic carbocycles. The van der Waals surface area contributed by atoms with Crippen LogP contribution in [0.4, 0.5) is 0 Å². The molecule has 0 radical (unpaired) electrons. The Labute approximate surface area is 108 Å². The van der Waals surface area contributed by atoms with Crippen LogP contribution >= 0.6 is 0 Å². The molecule has 2 aromatic rings. The first-order chi connectivity index (χ1) is 8.48. The minimum Gasteiger partial charge on any atom is -0.387 e. The van der Waals surface area contributed by atoms with Crippen molar-refractivity contribution >= 4 is 16.7 Å². The molecule has 2 rings (SSSR count). The van der Waals surface area contributed by atoms with Crippen molar-refractivity contribution in [2.45, 2.75) is 27.3 Å². The van der Waals surface area contributed by atoms with E-state index < -0.39 is 0 Å². The number of pyridine rings is 1. The Bertz CT molecular complexity index is 574. The van der Waals surface area contributed by atoms with Crippen molar-refractivity contribution in [3.05, 3.63) is 42.1 Å². The molecule has 0 unspecified atom stereocenters. The Kier molecular flexibility index (Phi) is 3.32. The third-order valence-corrected chi connectivity index (χ3v) is 2.90. The van der Waals surface area contributed by atoms with E-state index in [-0.39, 0.29) is 5.41 Å². The fraction of sp³-hybridized carbons (Fsp3) is 0.333. The van der Waals surface area contributed by atoms with Crippen molar-refractivity contribution in [2.24, 2.45) is 16.1 Å². The first-order valence-corrected chi connectivity index (χ1v) is 6.11. The van der Waals surface area contributed by atoms with E-state index in [1.54, 1.807) is 0 Å². The van der Waals surface area contributed by atoms with E-state index in [1.165, 1.54) is 0 Å². The smallest absolute Gasteiger partial charge is 0.0995 e. The first-order valence-electron chi connectivity index (χ1n) is 6.11. The highest BCUT2D eigenvalue weighted by molar-refractivity contribution is 5.86. The van der Waals surface area contributed by atoms with Crippen LogP contribution in [-0.4, -0.2) is 10.8 Å². The number of nitrogens with two attached hydrogens (primary N) is 1. The molecule has 3 heteroatoms. The van der Waals surface area contributed by atoms with Gasteiger partial charge in [-0.05, 0) is 11.6 Å². The second kappa shape index (κ2) is 4.77. The summed E-state index contributed by atoms with van der Waals surface area (Å²) in [6.45, 7) is 6.77. The van der Waals surface area contributed by atoms with Gasteiger partial charge in [-0.25, -0.2) is 0 Å². The minimum absolute atomic E-state index is 0.0853. The van der Waals surface area contributed by atoms with E-state index in [2.05, 4.69) is 48.9 Å². The molecule has 0 aliphatic rings. The van der Waals surface area contributed by atoms with Crippen LogP contribution in [0.3, 0.4) is 0 Å². The fourth-order valence-electron chi connectivity index (χ4n) is 1.70. The number of benzene rings is 1. The summed E-state index contributed by atoms with van der Waals surface area (Å²) in [5, 5.41) is 1.14. The molecule has 1 aromatic heterocycles. The van der Waals surface area contributed by atoms with Crippen LogP contribution in [-0.2, 0) is 6.54 Å². The third kappa shape index (κ3) is 2.67. The zero-order valence-electron chi connectivity index (χ0n) is 11.1. The maximum Gasteiger partial charge on any atom is 0.0995 e. The minimum atomic E-state index is -0.0853. The summed E-state index contributed by atoms with van der Waals surface area (Å²) in [4.78, 5) is 8.88. The van der Waals surface area contributed by atoms with Gasteiger partial charge in [-0.2, -0.15) is 0 Å². The SMILES string of the molecule is CC(C)(C)C(N)=NCc1cccc2cccnc12. The van der Waals surface area contributed by atoms with Crippen LogP contribution in [0, 0.1) is 5.41 Å². The van der Waals surface area contributed by atoms with Gasteiger partial charge in [0.05, 0.1) is 17.9 Å². The zero-order chi connectivity index (χ0) is 13.2. The van der Waals surface area contributed by atoms with Crippen molar-refractivity contribution in [3.8, 4) is 0 Å². The molecule has 0 spiro atoms. The van der Waals surface area contributed by atoms with Crippen LogP contribution < -0.4 is 5.73 Å². The van der Waals surface area contributed by atoms with Crippen LogP contribution in [0.5, 0.6) is 0 Å². The number of nitrogens with zero attached hydrogens (tertiary/aromatic N) is 2. The summed E-state index contributed by atoms with van der Waals surface area (Å²) >= 11 is 0. The average molecular weight is 241 g/mol. The van der Waals surface area contributed by atoms with Crippen LogP contribution in [0.25, 0.3) is 10.9 Å². The number of hydrogen-bond acceptors (Lipinski definition) is 2. The Morgan fingerprint density at radius 2 is 1.94 bits per heavy atom. The van der Waals surface area contributed by atoms with E-state index in [4.69, 9.17) is 5.73 Å². The molecule has 94 valence electrons. The maximum absolute atomic E-state index is 5.97. The maximum atomic E-state index is 5.97. The normalized spacial score (nSPS) is 12.9. The molecule has 0 saturated heterocycles. The van der Waals surface area contributed by atoms with Gasteiger partial charge in [-0.3, -0.25) is 9.98 Å². The molecule has 0 amide bonds. The summed E-state index contributed by atoms with van der Waals surface area (Å²) in [7, 11) is 0. The zero-order valence-corrected chi connectivity index (χ0v) is 11.1. The number of hydrogen-bond donors (Lipinski definition) is 1. The number of para-hydroxylation sites is 1. The van der Waals surface area contributed by atoms with E-state index in [0.29, 0.717) is 12.4 Å². The van der Waals surface area contributed by atoms with Gasteiger partial charge in [0.25, 0.3) is 0 Å². The van der Waals surface area contributed by atoms with Crippen LogP contribution in [0.1, 0.15) is 26.3 Å². The number of aromatic nitrogens is 1. The standard InChI is InChI=1S/C15H19N3/c1-15(2,3)14(16)18-10-12-7-4-6-11-8-5-9-17-13(11)12/h4-9H,10H2,1-3H3,(H2,16,18). The first kappa shape index (κ1) is 12.6. The predicted molar refractivity (Wildman–Crippen MR) is 76.5 cm³/mol. The van der Waals surface area contributed by atoms with Crippen molar-refractivity contribution in [1.82, 2.24) is 4.98 Å². The number of fused-ring (bicyclic) bond motifs is 1. The predicted octanol–water partition coefficient (Wildman–Crippen LogP) is 3.14. The van der Waals surface area contributed by atoms with Gasteiger partial charge in [0.15, 0.2) is 0 Å². The largest absolute Gasteiger partial charge is 0.387 e. The monoisotopic (exact) mass is 241 g/mol. The second-order valence-electron chi connectivity index (χ2n) is 5.44. The molecule has 0 aliphatic heterocycles. The van der Waals surface area contributed by atoms with Crippen molar-refractivity contribution < 1.29 is 0 Å². The van der Waals surface area contributed by atoms with Gasteiger partial charge in [0.1, 0.15) is 0 Å². The average Bonchev–Trinajstić information content (AvgIpc) is 2.34. The molecule has 3 nitrogen and oxygen atoms in total. The molecule has 0 saturated carbocycles. The van der Waals surface area contributed by atoms with Gasteiger partial charge in [-0.15, -0.1) is 0 Å². The summed E-state index contributed by atoms with van der Waals surface area (Å²) in [5.41, 5.74) is 8.00. The lowest BCUT2D eigenvalue weighted by Gasteiger charge is -2.17. The Morgan fingerprint density at radius 1 is 1.22 bits per heavy atom. The molecule has 0 bridgehead atoms. The fourth-order valence-corrected chi connectivity index (χ4v) is 1.70. The van der Waals surface area contributed by atoms with E-state index in [1.807, 2.05) is 18.3 Å². The van der Waals surface area contributed by atoms with E-state index in [0.717, 1.165) is 16.5 Å². The van der Waals surface area contributed by atoms with Gasteiger partial charge in [-0.1, -0.05) is 45.0 Å². The second-order valence-corrected chi connectivity index (χ2v) is 5.44. The molecule has 18 heavy (non-hydrogen) atoms. The van der Waals surface area contributed by atoms with E-state index >= 15 is 0 Å². The summed E-state index contributed by atoms with van der Waals surface area (Å²) < 4.78 is 0. The lowest BCUT2D eigenvalue weighted by atomic mass is 9.95. The topological polar surface area (TPSA) is 51.3 Å². The van der Waals surface area contributed by atoms with Gasteiger partial charge < -0.3 is 5.73 Å². The molecule has 0 fully saturated rings. The quantitative estimate of drug-likeness (QED) is 0.648. The lowest BCUT2D eigenvalue weighted by molar-refractivity contribution is 0.581. The van der Waals surface area contributed by atoms with Gasteiger partial charge in [0, 0.05) is 17.0 Å². The number of rotatable bonds is 2. The van der Waals surface area contributed by atoms with Crippen LogP contribution in [0.2, 0.25) is 0 Å². The van der Waals surface area contributed by atoms with Gasteiger partial charge in [0.2, 0.25) is 0 Å². The molecular weight excluding hydrogens is 222 g/mol. The van der Waals surface area contributed by atoms with E-state index in [9.17, 15) is 0 Å². The molecule has 1 aromatic carbocycles. The highest BCUT2D eigenvalue weighted by Gasteiger charge is 2.15. The third-order valence-electron chi connectivity index (χ3n) is 2.90. The van der Waals surface area contributed by atoms with Crippen molar-refractivity contribution in [1.29, 1.82) is 0 Å². The Hall–Kier alpha value is -1.90. The van der Waals surface area contributed by atoms with Gasteiger partial charge >= 0.3 is 0 Å². The molecule has 2 N–H and O–H groups in total. The number of amidine groups is 1. The highest BCUT2D eigenvalue weighted by atomic mass is 14.9.